The second-order valence-corrected chi connectivity index (χ2v) is 4.25. The Morgan fingerprint density at radius 1 is 1.71 bits per heavy atom. The Bertz CT molecular complexity index is 404. The van der Waals surface area contributed by atoms with Crippen LogP contribution in [-0.2, 0) is 4.74 Å². The summed E-state index contributed by atoms with van der Waals surface area (Å²) in [4.78, 5) is 15.3. The average Bonchev–Trinajstić information content (AvgIpc) is 3.19. The summed E-state index contributed by atoms with van der Waals surface area (Å²) < 4.78 is 4.63. The summed E-state index contributed by atoms with van der Waals surface area (Å²) in [6, 6.07) is 3.80. The van der Waals surface area contributed by atoms with Gasteiger partial charge < -0.3 is 15.8 Å². The summed E-state index contributed by atoms with van der Waals surface area (Å²) in [6.07, 6.45) is 4.04. The van der Waals surface area contributed by atoms with Gasteiger partial charge in [0.25, 0.3) is 0 Å². The van der Waals surface area contributed by atoms with Gasteiger partial charge in [-0.05, 0) is 30.9 Å². The molecule has 0 saturated heterocycles. The van der Waals surface area contributed by atoms with E-state index in [0.717, 1.165) is 5.69 Å². The fourth-order valence-corrected chi connectivity index (χ4v) is 1.82. The molecule has 17 heavy (non-hydrogen) atoms. The lowest BCUT2D eigenvalue weighted by atomic mass is 10.1. The maximum atomic E-state index is 11.3. The largest absolute Gasteiger partial charge is 0.464 e. The van der Waals surface area contributed by atoms with E-state index in [1.165, 1.54) is 20.0 Å². The van der Waals surface area contributed by atoms with Gasteiger partial charge >= 0.3 is 5.97 Å². The minimum atomic E-state index is -0.427. The van der Waals surface area contributed by atoms with Gasteiger partial charge in [0, 0.05) is 24.5 Å². The predicted octanol–water partition coefficient (Wildman–Crippen LogP) is 1.02. The van der Waals surface area contributed by atoms with Crippen molar-refractivity contribution in [1.29, 1.82) is 0 Å². The van der Waals surface area contributed by atoms with Crippen LogP contribution in [0.25, 0.3) is 0 Å². The number of hydrogen-bond donors (Lipinski definition) is 2. The number of nitrogens with two attached hydrogens (primary N) is 1. The molecular formula is C12H17N3O2. The van der Waals surface area contributed by atoms with E-state index in [1.807, 2.05) is 6.07 Å². The Kier molecular flexibility index (Phi) is 3.58. The minimum Gasteiger partial charge on any atom is -0.464 e. The molecule has 2 rings (SSSR count). The number of carbonyl (C=O) groups is 1. The second-order valence-electron chi connectivity index (χ2n) is 4.25. The van der Waals surface area contributed by atoms with Crippen molar-refractivity contribution in [3.8, 4) is 0 Å². The molecule has 1 aromatic rings. The van der Waals surface area contributed by atoms with E-state index >= 15 is 0 Å². The molecule has 1 aliphatic rings. The highest BCUT2D eigenvalue weighted by Gasteiger charge is 2.30. The smallest absolute Gasteiger partial charge is 0.356 e. The Morgan fingerprint density at radius 2 is 2.47 bits per heavy atom. The van der Waals surface area contributed by atoms with Crippen LogP contribution in [-0.4, -0.2) is 30.6 Å². The zero-order chi connectivity index (χ0) is 12.3. The number of ether oxygens (including phenoxy) is 1. The van der Waals surface area contributed by atoms with Crippen molar-refractivity contribution in [3.63, 3.8) is 0 Å². The van der Waals surface area contributed by atoms with Crippen molar-refractivity contribution in [2.24, 2.45) is 11.7 Å². The highest BCUT2D eigenvalue weighted by Crippen LogP contribution is 2.33. The van der Waals surface area contributed by atoms with Crippen molar-refractivity contribution in [3.05, 3.63) is 24.0 Å². The summed E-state index contributed by atoms with van der Waals surface area (Å²) in [5.41, 5.74) is 6.89. The monoisotopic (exact) mass is 235 g/mol. The molecule has 0 radical (unpaired) electrons. The Hall–Kier alpha value is -1.62. The van der Waals surface area contributed by atoms with Gasteiger partial charge in [-0.15, -0.1) is 0 Å². The van der Waals surface area contributed by atoms with E-state index in [-0.39, 0.29) is 6.04 Å². The van der Waals surface area contributed by atoms with Crippen molar-refractivity contribution < 1.29 is 9.53 Å². The molecule has 1 fully saturated rings. The predicted molar refractivity (Wildman–Crippen MR) is 64.8 cm³/mol. The molecule has 1 heterocycles. The van der Waals surface area contributed by atoms with Gasteiger partial charge in [-0.25, -0.2) is 9.78 Å². The molecule has 5 heteroatoms. The number of pyridine rings is 1. The zero-order valence-corrected chi connectivity index (χ0v) is 9.85. The van der Waals surface area contributed by atoms with Gasteiger partial charge in [-0.2, -0.15) is 0 Å². The normalized spacial score (nSPS) is 16.4. The van der Waals surface area contributed by atoms with Gasteiger partial charge in [0.05, 0.1) is 7.11 Å². The number of nitrogens with zero attached hydrogens (tertiary/aromatic N) is 1. The van der Waals surface area contributed by atoms with Crippen LogP contribution in [0.3, 0.4) is 0 Å². The number of nitrogens with one attached hydrogen (secondary N) is 1. The standard InChI is InChI=1S/C12H17N3O2/c1-17-12(16)10-6-9(4-5-14-10)15-11(7-13)8-2-3-8/h4-6,8,11H,2-3,7,13H2,1H3,(H,14,15). The first-order chi connectivity index (χ1) is 8.24. The molecule has 1 aromatic heterocycles. The molecule has 5 nitrogen and oxygen atoms in total. The van der Waals surface area contributed by atoms with Crippen LogP contribution in [0.4, 0.5) is 5.69 Å². The summed E-state index contributed by atoms with van der Waals surface area (Å²) in [6.45, 7) is 0.598. The summed E-state index contributed by atoms with van der Waals surface area (Å²) in [5.74, 6) is 0.235. The number of rotatable bonds is 5. The van der Waals surface area contributed by atoms with E-state index in [1.54, 1.807) is 12.3 Å². The highest BCUT2D eigenvalue weighted by atomic mass is 16.5. The molecule has 0 bridgehead atoms. The van der Waals surface area contributed by atoms with E-state index < -0.39 is 5.97 Å². The first-order valence-electron chi connectivity index (χ1n) is 5.75. The van der Waals surface area contributed by atoms with Crippen LogP contribution < -0.4 is 11.1 Å². The fourth-order valence-electron chi connectivity index (χ4n) is 1.82. The molecular weight excluding hydrogens is 218 g/mol. The number of aromatic nitrogens is 1. The SMILES string of the molecule is COC(=O)c1cc(NC(CN)C2CC2)ccn1. The number of methoxy groups -OCH3 is 1. The van der Waals surface area contributed by atoms with Gasteiger partial charge in [0.15, 0.2) is 0 Å². The lowest BCUT2D eigenvalue weighted by molar-refractivity contribution is 0.0594. The van der Waals surface area contributed by atoms with E-state index in [2.05, 4.69) is 15.0 Å². The van der Waals surface area contributed by atoms with Gasteiger partial charge in [0.1, 0.15) is 5.69 Å². The van der Waals surface area contributed by atoms with E-state index in [0.29, 0.717) is 18.2 Å². The summed E-state index contributed by atoms with van der Waals surface area (Å²) >= 11 is 0. The average molecular weight is 235 g/mol. The summed E-state index contributed by atoms with van der Waals surface area (Å²) in [5, 5.41) is 3.34. The number of hydrogen-bond acceptors (Lipinski definition) is 5. The van der Waals surface area contributed by atoms with Gasteiger partial charge in [-0.1, -0.05) is 0 Å². The zero-order valence-electron chi connectivity index (χ0n) is 9.85. The first-order valence-corrected chi connectivity index (χ1v) is 5.75. The maximum absolute atomic E-state index is 11.3. The van der Waals surface area contributed by atoms with Crippen LogP contribution in [0, 0.1) is 5.92 Å². The fraction of sp³-hybridized carbons (Fsp3) is 0.500. The van der Waals surface area contributed by atoms with Gasteiger partial charge in [-0.3, -0.25) is 0 Å². The number of carbonyl (C=O) groups excluding carboxylic acids is 1. The molecule has 1 aliphatic carbocycles. The Balaban J connectivity index is 2.07. The minimum absolute atomic E-state index is 0.280. The van der Waals surface area contributed by atoms with Crippen molar-refractivity contribution in [1.82, 2.24) is 4.98 Å². The van der Waals surface area contributed by atoms with E-state index in [4.69, 9.17) is 5.73 Å². The van der Waals surface area contributed by atoms with Crippen molar-refractivity contribution in [2.45, 2.75) is 18.9 Å². The van der Waals surface area contributed by atoms with Crippen LogP contribution in [0.15, 0.2) is 18.3 Å². The quantitative estimate of drug-likeness (QED) is 0.745. The molecule has 1 saturated carbocycles. The second kappa shape index (κ2) is 5.14. The third kappa shape index (κ3) is 2.94. The molecule has 0 spiro atoms. The van der Waals surface area contributed by atoms with Gasteiger partial charge in [0.2, 0.25) is 0 Å². The molecule has 0 amide bonds. The van der Waals surface area contributed by atoms with Crippen LogP contribution in [0.5, 0.6) is 0 Å². The number of esters is 1. The molecule has 0 aliphatic heterocycles. The van der Waals surface area contributed by atoms with E-state index in [9.17, 15) is 4.79 Å². The molecule has 3 N–H and O–H groups in total. The van der Waals surface area contributed by atoms with Crippen molar-refractivity contribution >= 4 is 11.7 Å². The molecule has 92 valence electrons. The third-order valence-electron chi connectivity index (χ3n) is 2.95. The first kappa shape index (κ1) is 11.9. The topological polar surface area (TPSA) is 77.2 Å². The third-order valence-corrected chi connectivity index (χ3v) is 2.95. The van der Waals surface area contributed by atoms with Crippen molar-refractivity contribution in [2.75, 3.05) is 19.0 Å². The number of anilines is 1. The Morgan fingerprint density at radius 3 is 3.06 bits per heavy atom. The Labute approximate surface area is 100 Å². The molecule has 1 atom stereocenters. The van der Waals surface area contributed by atoms with Crippen LogP contribution in [0.2, 0.25) is 0 Å². The van der Waals surface area contributed by atoms with Crippen LogP contribution >= 0.6 is 0 Å². The summed E-state index contributed by atoms with van der Waals surface area (Å²) in [7, 11) is 1.34. The van der Waals surface area contributed by atoms with Crippen LogP contribution in [0.1, 0.15) is 23.3 Å². The lowest BCUT2D eigenvalue weighted by Gasteiger charge is -2.17. The lowest BCUT2D eigenvalue weighted by Crippen LogP contribution is -2.30. The molecule has 0 aromatic carbocycles. The highest BCUT2D eigenvalue weighted by molar-refractivity contribution is 5.88. The molecule has 1 unspecified atom stereocenters. The maximum Gasteiger partial charge on any atom is 0.356 e.